The molecule has 0 atom stereocenters. The van der Waals surface area contributed by atoms with Gasteiger partial charge in [-0.25, -0.2) is 5.43 Å². The molecular weight excluding hydrogens is 372 g/mol. The number of hydrogen-bond donors (Lipinski definition) is 1. The van der Waals surface area contributed by atoms with Gasteiger partial charge in [-0.05, 0) is 28.6 Å². The lowest BCUT2D eigenvalue weighted by atomic mass is 9.91. The highest BCUT2D eigenvalue weighted by atomic mass is 16.5. The average Bonchev–Trinajstić information content (AvgIpc) is 2.81. The van der Waals surface area contributed by atoms with Gasteiger partial charge in [0.2, 0.25) is 0 Å². The Morgan fingerprint density at radius 2 is 1.37 bits per heavy atom. The quantitative estimate of drug-likeness (QED) is 0.364. The van der Waals surface area contributed by atoms with Gasteiger partial charge in [-0.3, -0.25) is 4.79 Å². The van der Waals surface area contributed by atoms with E-state index in [0.29, 0.717) is 0 Å². The Morgan fingerprint density at radius 1 is 0.800 bits per heavy atom. The lowest BCUT2D eigenvalue weighted by Crippen LogP contribution is -2.26. The van der Waals surface area contributed by atoms with Crippen molar-refractivity contribution in [3.05, 3.63) is 114 Å². The summed E-state index contributed by atoms with van der Waals surface area (Å²) in [5.74, 6) is 0.193. The summed E-state index contributed by atoms with van der Waals surface area (Å²) in [4.78, 5) is 13.1. The first-order valence-corrected chi connectivity index (χ1v) is 9.76. The number of carbonyl (C=O) groups is 1. The highest BCUT2D eigenvalue weighted by Gasteiger charge is 2.22. The van der Waals surface area contributed by atoms with Crippen LogP contribution in [-0.4, -0.2) is 19.2 Å². The van der Waals surface area contributed by atoms with Crippen LogP contribution in [0.1, 0.15) is 22.6 Å². The van der Waals surface area contributed by atoms with Crippen LogP contribution in [-0.2, 0) is 4.79 Å². The van der Waals surface area contributed by atoms with Crippen molar-refractivity contribution >= 4 is 22.9 Å². The standard InChI is InChI=1S/C26H22N2O2/c1-30-24-17-16-21(22-14-8-9-15-23(22)24)18-27-28-26(29)25(19-10-4-2-5-11-19)20-12-6-3-7-13-20/h2-18,25H,1H3,(H,28,29)/b27-18-. The lowest BCUT2D eigenvalue weighted by molar-refractivity contribution is -0.121. The van der Waals surface area contributed by atoms with Crippen LogP contribution in [0.15, 0.2) is 102 Å². The molecular formula is C26H22N2O2. The minimum Gasteiger partial charge on any atom is -0.496 e. The van der Waals surface area contributed by atoms with Crippen molar-refractivity contribution in [1.82, 2.24) is 5.43 Å². The normalized spacial score (nSPS) is 11.1. The van der Waals surface area contributed by atoms with Gasteiger partial charge in [0.05, 0.1) is 19.2 Å². The summed E-state index contributed by atoms with van der Waals surface area (Å²) < 4.78 is 5.44. The SMILES string of the molecule is COc1ccc(/C=N\NC(=O)C(c2ccccc2)c2ccccc2)c2ccccc12. The number of nitrogens with one attached hydrogen (secondary N) is 1. The van der Waals surface area contributed by atoms with Crippen LogP contribution in [0.3, 0.4) is 0 Å². The van der Waals surface area contributed by atoms with Gasteiger partial charge in [-0.15, -0.1) is 0 Å². The smallest absolute Gasteiger partial charge is 0.252 e. The molecule has 4 aromatic rings. The molecule has 0 aliphatic rings. The summed E-state index contributed by atoms with van der Waals surface area (Å²) in [7, 11) is 1.66. The zero-order valence-electron chi connectivity index (χ0n) is 16.7. The Kier molecular flexibility index (Phi) is 5.85. The first-order valence-electron chi connectivity index (χ1n) is 9.76. The van der Waals surface area contributed by atoms with E-state index in [9.17, 15) is 4.79 Å². The Bertz CT molecular complexity index is 1130. The summed E-state index contributed by atoms with van der Waals surface area (Å²) in [5, 5.41) is 6.27. The molecule has 1 amide bonds. The van der Waals surface area contributed by atoms with E-state index in [1.165, 1.54) is 0 Å². The maximum Gasteiger partial charge on any atom is 0.252 e. The van der Waals surface area contributed by atoms with E-state index in [1.54, 1.807) is 13.3 Å². The first kappa shape index (κ1) is 19.4. The molecule has 1 N–H and O–H groups in total. The lowest BCUT2D eigenvalue weighted by Gasteiger charge is -2.16. The van der Waals surface area contributed by atoms with E-state index in [2.05, 4.69) is 10.5 Å². The van der Waals surface area contributed by atoms with E-state index in [0.717, 1.165) is 33.2 Å². The van der Waals surface area contributed by atoms with Crippen molar-refractivity contribution in [3.63, 3.8) is 0 Å². The van der Waals surface area contributed by atoms with Gasteiger partial charge in [-0.1, -0.05) is 84.9 Å². The Hall–Kier alpha value is -3.92. The van der Waals surface area contributed by atoms with E-state index in [-0.39, 0.29) is 5.91 Å². The number of fused-ring (bicyclic) bond motifs is 1. The molecule has 4 nitrogen and oxygen atoms in total. The number of hydrazone groups is 1. The van der Waals surface area contributed by atoms with Crippen LogP contribution in [0.25, 0.3) is 10.8 Å². The minimum absolute atomic E-state index is 0.179. The van der Waals surface area contributed by atoms with E-state index in [4.69, 9.17) is 4.74 Å². The molecule has 30 heavy (non-hydrogen) atoms. The second kappa shape index (κ2) is 9.05. The van der Waals surface area contributed by atoms with Gasteiger partial charge in [0, 0.05) is 10.9 Å². The van der Waals surface area contributed by atoms with Crippen molar-refractivity contribution in [3.8, 4) is 5.75 Å². The Labute approximate surface area is 175 Å². The van der Waals surface area contributed by atoms with Crippen LogP contribution in [0.5, 0.6) is 5.75 Å². The van der Waals surface area contributed by atoms with Gasteiger partial charge in [0.25, 0.3) is 5.91 Å². The minimum atomic E-state index is -0.433. The topological polar surface area (TPSA) is 50.7 Å². The molecule has 0 bridgehead atoms. The summed E-state index contributed by atoms with van der Waals surface area (Å²) in [5.41, 5.74) is 5.47. The van der Waals surface area contributed by atoms with Crippen molar-refractivity contribution < 1.29 is 9.53 Å². The molecule has 148 valence electrons. The first-order chi connectivity index (χ1) is 14.8. The number of rotatable bonds is 6. The van der Waals surface area contributed by atoms with Crippen molar-refractivity contribution in [2.45, 2.75) is 5.92 Å². The van der Waals surface area contributed by atoms with Crippen LogP contribution in [0.2, 0.25) is 0 Å². The molecule has 0 heterocycles. The van der Waals surface area contributed by atoms with Gasteiger partial charge >= 0.3 is 0 Å². The van der Waals surface area contributed by atoms with Crippen molar-refractivity contribution in [2.24, 2.45) is 5.10 Å². The van der Waals surface area contributed by atoms with Gasteiger partial charge in [-0.2, -0.15) is 5.10 Å². The third-order valence-electron chi connectivity index (χ3n) is 5.04. The molecule has 0 aliphatic heterocycles. The molecule has 4 heteroatoms. The van der Waals surface area contributed by atoms with Crippen LogP contribution >= 0.6 is 0 Å². The Morgan fingerprint density at radius 3 is 1.97 bits per heavy atom. The summed E-state index contributed by atoms with van der Waals surface area (Å²) in [6, 6.07) is 31.2. The van der Waals surface area contributed by atoms with Crippen LogP contribution in [0, 0.1) is 0 Å². The summed E-state index contributed by atoms with van der Waals surface area (Å²) >= 11 is 0. The fourth-order valence-electron chi connectivity index (χ4n) is 3.60. The molecule has 0 radical (unpaired) electrons. The second-order valence-corrected chi connectivity index (χ2v) is 6.89. The molecule has 4 aromatic carbocycles. The number of amides is 1. The maximum atomic E-state index is 13.1. The summed E-state index contributed by atoms with van der Waals surface area (Å²) in [6.45, 7) is 0. The number of ether oxygens (including phenoxy) is 1. The zero-order chi connectivity index (χ0) is 20.8. The molecule has 0 unspecified atom stereocenters. The van der Waals surface area contributed by atoms with Crippen LogP contribution in [0.4, 0.5) is 0 Å². The molecule has 0 aliphatic carbocycles. The predicted octanol–water partition coefficient (Wildman–Crippen LogP) is 5.13. The molecule has 0 saturated carbocycles. The monoisotopic (exact) mass is 394 g/mol. The van der Waals surface area contributed by atoms with E-state index in [1.807, 2.05) is 97.1 Å². The second-order valence-electron chi connectivity index (χ2n) is 6.89. The van der Waals surface area contributed by atoms with Gasteiger partial charge < -0.3 is 4.74 Å². The number of hydrogen-bond acceptors (Lipinski definition) is 3. The average molecular weight is 394 g/mol. The van der Waals surface area contributed by atoms with Crippen LogP contribution < -0.4 is 10.2 Å². The number of carbonyl (C=O) groups excluding carboxylic acids is 1. The van der Waals surface area contributed by atoms with Gasteiger partial charge in [0.1, 0.15) is 5.75 Å². The maximum absolute atomic E-state index is 13.1. The highest BCUT2D eigenvalue weighted by Crippen LogP contribution is 2.28. The summed E-state index contributed by atoms with van der Waals surface area (Å²) in [6.07, 6.45) is 1.67. The molecule has 4 rings (SSSR count). The third kappa shape index (κ3) is 4.08. The zero-order valence-corrected chi connectivity index (χ0v) is 16.7. The third-order valence-corrected chi connectivity index (χ3v) is 5.04. The molecule has 0 aromatic heterocycles. The fraction of sp³-hybridized carbons (Fsp3) is 0.0769. The van der Waals surface area contributed by atoms with Gasteiger partial charge in [0.15, 0.2) is 0 Å². The van der Waals surface area contributed by atoms with E-state index < -0.39 is 5.92 Å². The highest BCUT2D eigenvalue weighted by molar-refractivity contribution is 6.02. The van der Waals surface area contributed by atoms with Crippen molar-refractivity contribution in [2.75, 3.05) is 7.11 Å². The Balaban J connectivity index is 1.60. The molecule has 0 saturated heterocycles. The number of nitrogens with zero attached hydrogens (tertiary/aromatic N) is 1. The molecule has 0 fully saturated rings. The molecule has 0 spiro atoms. The number of benzene rings is 4. The number of methoxy groups -OCH3 is 1. The predicted molar refractivity (Wildman–Crippen MR) is 121 cm³/mol. The fourth-order valence-corrected chi connectivity index (χ4v) is 3.60. The largest absolute Gasteiger partial charge is 0.496 e. The van der Waals surface area contributed by atoms with E-state index >= 15 is 0 Å². The van der Waals surface area contributed by atoms with Crippen molar-refractivity contribution in [1.29, 1.82) is 0 Å².